The summed E-state index contributed by atoms with van der Waals surface area (Å²) < 4.78 is 5.15. The van der Waals surface area contributed by atoms with Gasteiger partial charge in [-0.25, -0.2) is 0 Å². The molecular formula is C19H21ClN2O3. The predicted octanol–water partition coefficient (Wildman–Crippen LogP) is 3.34. The van der Waals surface area contributed by atoms with Crippen LogP contribution in [0, 0.1) is 6.92 Å². The van der Waals surface area contributed by atoms with E-state index in [4.69, 9.17) is 16.3 Å². The normalized spacial score (nSPS) is 10.2. The highest BCUT2D eigenvalue weighted by molar-refractivity contribution is 6.31. The zero-order valence-electron chi connectivity index (χ0n) is 14.3. The van der Waals surface area contributed by atoms with Gasteiger partial charge in [0, 0.05) is 17.1 Å². The Hall–Kier alpha value is -2.53. The number of carbonyl (C=O) groups is 2. The first kappa shape index (κ1) is 18.8. The monoisotopic (exact) mass is 360 g/mol. The van der Waals surface area contributed by atoms with Crippen molar-refractivity contribution in [2.75, 3.05) is 19.0 Å². The second-order valence-corrected chi connectivity index (χ2v) is 6.00. The number of amides is 2. The van der Waals surface area contributed by atoms with Gasteiger partial charge in [-0.2, -0.15) is 0 Å². The van der Waals surface area contributed by atoms with Crippen LogP contribution in [0.4, 0.5) is 5.69 Å². The minimum Gasteiger partial charge on any atom is -0.497 e. The van der Waals surface area contributed by atoms with Crippen LogP contribution in [-0.2, 0) is 16.0 Å². The van der Waals surface area contributed by atoms with Crippen LogP contribution >= 0.6 is 11.6 Å². The molecule has 0 heterocycles. The Kier molecular flexibility index (Phi) is 6.83. The summed E-state index contributed by atoms with van der Waals surface area (Å²) in [7, 11) is 1.60. The zero-order chi connectivity index (χ0) is 18.2. The first-order valence-corrected chi connectivity index (χ1v) is 8.32. The summed E-state index contributed by atoms with van der Waals surface area (Å²) in [5, 5.41) is 5.94. The summed E-state index contributed by atoms with van der Waals surface area (Å²) in [6, 6.07) is 12.8. The third kappa shape index (κ3) is 5.80. The summed E-state index contributed by atoms with van der Waals surface area (Å²) >= 11 is 6.02. The Balaban J connectivity index is 1.77. The highest BCUT2D eigenvalue weighted by Gasteiger charge is 2.09. The van der Waals surface area contributed by atoms with Gasteiger partial charge in [0.05, 0.1) is 13.7 Å². The van der Waals surface area contributed by atoms with E-state index >= 15 is 0 Å². The maximum absolute atomic E-state index is 12.0. The molecule has 2 rings (SSSR count). The molecule has 2 aromatic rings. The first-order chi connectivity index (χ1) is 12.0. The third-order valence-corrected chi connectivity index (χ3v) is 4.17. The SMILES string of the molecule is COc1cccc(CCC(=O)NCC(=O)Nc2cccc(Cl)c2C)c1. The number of hydrogen-bond acceptors (Lipinski definition) is 3. The molecule has 0 fully saturated rings. The van der Waals surface area contributed by atoms with Crippen LogP contribution in [0.1, 0.15) is 17.5 Å². The van der Waals surface area contributed by atoms with Gasteiger partial charge < -0.3 is 15.4 Å². The van der Waals surface area contributed by atoms with Crippen molar-refractivity contribution < 1.29 is 14.3 Å². The second-order valence-electron chi connectivity index (χ2n) is 5.59. The van der Waals surface area contributed by atoms with Crippen LogP contribution < -0.4 is 15.4 Å². The molecule has 0 saturated carbocycles. The van der Waals surface area contributed by atoms with Crippen molar-refractivity contribution in [1.29, 1.82) is 0 Å². The first-order valence-electron chi connectivity index (χ1n) is 7.94. The van der Waals surface area contributed by atoms with Gasteiger partial charge in [0.2, 0.25) is 11.8 Å². The van der Waals surface area contributed by atoms with E-state index in [1.807, 2.05) is 31.2 Å². The maximum Gasteiger partial charge on any atom is 0.243 e. The molecule has 2 aromatic carbocycles. The lowest BCUT2D eigenvalue weighted by molar-refractivity contribution is -0.124. The summed E-state index contributed by atoms with van der Waals surface area (Å²) in [5.41, 5.74) is 2.44. The third-order valence-electron chi connectivity index (χ3n) is 3.76. The van der Waals surface area contributed by atoms with Gasteiger partial charge in [-0.3, -0.25) is 9.59 Å². The number of rotatable bonds is 7. The van der Waals surface area contributed by atoms with E-state index in [0.717, 1.165) is 16.9 Å². The van der Waals surface area contributed by atoms with Crippen molar-refractivity contribution in [3.8, 4) is 5.75 Å². The smallest absolute Gasteiger partial charge is 0.243 e. The van der Waals surface area contributed by atoms with Crippen LogP contribution in [0.3, 0.4) is 0 Å². The lowest BCUT2D eigenvalue weighted by Gasteiger charge is -2.10. The fraction of sp³-hybridized carbons (Fsp3) is 0.263. The van der Waals surface area contributed by atoms with Crippen molar-refractivity contribution in [3.63, 3.8) is 0 Å². The molecule has 5 nitrogen and oxygen atoms in total. The molecule has 0 aliphatic rings. The van der Waals surface area contributed by atoms with Gasteiger partial charge in [-0.1, -0.05) is 29.8 Å². The van der Waals surface area contributed by atoms with E-state index in [2.05, 4.69) is 10.6 Å². The molecule has 0 aliphatic heterocycles. The van der Waals surface area contributed by atoms with Crippen molar-refractivity contribution in [2.45, 2.75) is 19.8 Å². The second kappa shape index (κ2) is 9.08. The maximum atomic E-state index is 12.0. The van der Waals surface area contributed by atoms with Gasteiger partial charge >= 0.3 is 0 Å². The molecule has 2 N–H and O–H groups in total. The molecule has 0 unspecified atom stereocenters. The number of benzene rings is 2. The molecule has 6 heteroatoms. The van der Waals surface area contributed by atoms with Crippen molar-refractivity contribution >= 4 is 29.1 Å². The lowest BCUT2D eigenvalue weighted by Crippen LogP contribution is -2.33. The largest absolute Gasteiger partial charge is 0.497 e. The Bertz CT molecular complexity index is 762. The van der Waals surface area contributed by atoms with E-state index < -0.39 is 0 Å². The number of carbonyl (C=O) groups excluding carboxylic acids is 2. The topological polar surface area (TPSA) is 67.4 Å². The summed E-state index contributed by atoms with van der Waals surface area (Å²) in [4.78, 5) is 23.9. The van der Waals surface area contributed by atoms with Crippen molar-refractivity contribution in [2.24, 2.45) is 0 Å². The molecular weight excluding hydrogens is 340 g/mol. The zero-order valence-corrected chi connectivity index (χ0v) is 15.0. The number of ether oxygens (including phenoxy) is 1. The van der Waals surface area contributed by atoms with E-state index in [9.17, 15) is 9.59 Å². The number of methoxy groups -OCH3 is 1. The highest BCUT2D eigenvalue weighted by Crippen LogP contribution is 2.22. The lowest BCUT2D eigenvalue weighted by atomic mass is 10.1. The number of nitrogens with one attached hydrogen (secondary N) is 2. The average molecular weight is 361 g/mol. The molecule has 25 heavy (non-hydrogen) atoms. The number of hydrogen-bond donors (Lipinski definition) is 2. The Labute approximate surface area is 152 Å². The van der Waals surface area contributed by atoms with Crippen LogP contribution in [0.25, 0.3) is 0 Å². The molecule has 0 spiro atoms. The molecule has 132 valence electrons. The highest BCUT2D eigenvalue weighted by atomic mass is 35.5. The quantitative estimate of drug-likeness (QED) is 0.795. The van der Waals surface area contributed by atoms with Gasteiger partial charge in [0.25, 0.3) is 0 Å². The van der Waals surface area contributed by atoms with Crippen LogP contribution in [0.15, 0.2) is 42.5 Å². The Morgan fingerprint density at radius 1 is 1.12 bits per heavy atom. The molecule has 0 atom stereocenters. The molecule has 0 aliphatic carbocycles. The van der Waals surface area contributed by atoms with Crippen molar-refractivity contribution in [1.82, 2.24) is 5.32 Å². The number of halogens is 1. The minimum absolute atomic E-state index is 0.0805. The van der Waals surface area contributed by atoms with Gasteiger partial charge in [0.1, 0.15) is 5.75 Å². The van der Waals surface area contributed by atoms with E-state index in [-0.39, 0.29) is 18.4 Å². The van der Waals surface area contributed by atoms with Gasteiger partial charge in [-0.05, 0) is 48.7 Å². The minimum atomic E-state index is -0.292. The van der Waals surface area contributed by atoms with Gasteiger partial charge in [0.15, 0.2) is 0 Å². The summed E-state index contributed by atoms with van der Waals surface area (Å²) in [6.45, 7) is 1.74. The fourth-order valence-electron chi connectivity index (χ4n) is 2.29. The Morgan fingerprint density at radius 3 is 2.64 bits per heavy atom. The number of aryl methyl sites for hydroxylation is 1. The molecule has 0 bridgehead atoms. The van der Waals surface area contributed by atoms with E-state index in [1.165, 1.54) is 0 Å². The van der Waals surface area contributed by atoms with Gasteiger partial charge in [-0.15, -0.1) is 0 Å². The van der Waals surface area contributed by atoms with Crippen molar-refractivity contribution in [3.05, 3.63) is 58.6 Å². The molecule has 0 saturated heterocycles. The van der Waals surface area contributed by atoms with Crippen LogP contribution in [0.2, 0.25) is 5.02 Å². The fourth-order valence-corrected chi connectivity index (χ4v) is 2.46. The number of anilines is 1. The average Bonchev–Trinajstić information content (AvgIpc) is 2.62. The standard InChI is InChI=1S/C19H21ClN2O3/c1-13-16(20)7-4-8-17(13)22-19(24)12-21-18(23)10-9-14-5-3-6-15(11-14)25-2/h3-8,11H,9-10,12H2,1-2H3,(H,21,23)(H,22,24). The van der Waals surface area contributed by atoms with Crippen LogP contribution in [0.5, 0.6) is 5.75 Å². The van der Waals surface area contributed by atoms with Crippen LogP contribution in [-0.4, -0.2) is 25.5 Å². The molecule has 2 amide bonds. The predicted molar refractivity (Wildman–Crippen MR) is 99.1 cm³/mol. The van der Waals surface area contributed by atoms with E-state index in [1.54, 1.807) is 25.3 Å². The summed E-state index contributed by atoms with van der Waals surface area (Å²) in [5.74, 6) is 0.287. The molecule has 0 aromatic heterocycles. The van der Waals surface area contributed by atoms with E-state index in [0.29, 0.717) is 23.6 Å². The summed E-state index contributed by atoms with van der Waals surface area (Å²) in [6.07, 6.45) is 0.884. The molecule has 0 radical (unpaired) electrons. The Morgan fingerprint density at radius 2 is 1.88 bits per heavy atom.